The molecule has 0 bridgehead atoms. The van der Waals surface area contributed by atoms with Crippen LogP contribution >= 0.6 is 0 Å². The number of ether oxygens (including phenoxy) is 1. The summed E-state index contributed by atoms with van der Waals surface area (Å²) in [6.07, 6.45) is 0. The molecule has 0 saturated carbocycles. The molecule has 1 aliphatic heterocycles. The molecule has 0 atom stereocenters. The summed E-state index contributed by atoms with van der Waals surface area (Å²) in [5.74, 6) is 0. The van der Waals surface area contributed by atoms with Crippen molar-refractivity contribution in [3.05, 3.63) is 66.2 Å². The van der Waals surface area contributed by atoms with Crippen LogP contribution in [-0.2, 0) is 11.3 Å². The van der Waals surface area contributed by atoms with Crippen molar-refractivity contribution in [1.29, 1.82) is 0 Å². The van der Waals surface area contributed by atoms with Crippen LogP contribution in [-0.4, -0.2) is 31.4 Å². The standard InChI is InChI=1S/C10H13NO.C7H8O/c1-2-4-10(5-3-1)11-6-8-12-9-7-11;8-6-7-4-2-1-3-5-7/h1-5H,6-9H2;1-5,8H,6H2. The Morgan fingerprint density at radius 3 is 1.90 bits per heavy atom. The molecule has 3 heteroatoms. The molecule has 1 saturated heterocycles. The van der Waals surface area contributed by atoms with Crippen LogP contribution in [0.4, 0.5) is 5.69 Å². The number of benzene rings is 2. The largest absolute Gasteiger partial charge is 0.392 e. The molecule has 1 fully saturated rings. The Bertz CT molecular complexity index is 467. The number of nitrogens with zero attached hydrogens (tertiary/aromatic N) is 1. The summed E-state index contributed by atoms with van der Waals surface area (Å²) < 4.78 is 5.28. The van der Waals surface area contributed by atoms with E-state index < -0.39 is 0 Å². The fourth-order valence-corrected chi connectivity index (χ4v) is 2.04. The van der Waals surface area contributed by atoms with E-state index in [0.29, 0.717) is 0 Å². The van der Waals surface area contributed by atoms with Gasteiger partial charge in [0.2, 0.25) is 0 Å². The predicted molar refractivity (Wildman–Crippen MR) is 81.8 cm³/mol. The van der Waals surface area contributed by atoms with Gasteiger partial charge >= 0.3 is 0 Å². The fraction of sp³-hybridized carbons (Fsp3) is 0.294. The SMILES string of the molecule is OCc1ccccc1.c1ccc(N2CCOCC2)cc1. The highest BCUT2D eigenvalue weighted by Gasteiger charge is 2.09. The molecule has 1 aliphatic rings. The lowest BCUT2D eigenvalue weighted by Gasteiger charge is -2.28. The number of anilines is 1. The Balaban J connectivity index is 0.000000160. The van der Waals surface area contributed by atoms with Gasteiger partial charge in [0, 0.05) is 18.8 Å². The average molecular weight is 271 g/mol. The van der Waals surface area contributed by atoms with E-state index in [2.05, 4.69) is 29.2 Å². The van der Waals surface area contributed by atoms with Crippen LogP contribution in [0.3, 0.4) is 0 Å². The molecule has 0 radical (unpaired) electrons. The number of aliphatic hydroxyl groups excluding tert-OH is 1. The Hall–Kier alpha value is -1.84. The number of para-hydroxylation sites is 1. The molecule has 20 heavy (non-hydrogen) atoms. The summed E-state index contributed by atoms with van der Waals surface area (Å²) in [6.45, 7) is 3.89. The van der Waals surface area contributed by atoms with E-state index in [-0.39, 0.29) is 6.61 Å². The van der Waals surface area contributed by atoms with Crippen molar-refractivity contribution in [3.63, 3.8) is 0 Å². The van der Waals surface area contributed by atoms with Gasteiger partial charge in [0.15, 0.2) is 0 Å². The molecule has 3 nitrogen and oxygen atoms in total. The highest BCUT2D eigenvalue weighted by Crippen LogP contribution is 2.13. The van der Waals surface area contributed by atoms with Crippen LogP contribution in [0, 0.1) is 0 Å². The third-order valence-electron chi connectivity index (χ3n) is 3.16. The Morgan fingerprint density at radius 2 is 1.40 bits per heavy atom. The first kappa shape index (κ1) is 14.6. The molecule has 1 heterocycles. The molecule has 3 rings (SSSR count). The van der Waals surface area contributed by atoms with E-state index in [4.69, 9.17) is 9.84 Å². The monoisotopic (exact) mass is 271 g/mol. The molecule has 0 aromatic heterocycles. The summed E-state index contributed by atoms with van der Waals surface area (Å²) in [5.41, 5.74) is 2.27. The third-order valence-corrected chi connectivity index (χ3v) is 3.16. The lowest BCUT2D eigenvalue weighted by molar-refractivity contribution is 0.122. The molecule has 0 amide bonds. The Labute approximate surface area is 120 Å². The van der Waals surface area contributed by atoms with Gasteiger partial charge in [-0.15, -0.1) is 0 Å². The zero-order valence-electron chi connectivity index (χ0n) is 11.6. The second-order valence-corrected chi connectivity index (χ2v) is 4.58. The van der Waals surface area contributed by atoms with Crippen LogP contribution in [0.25, 0.3) is 0 Å². The zero-order valence-corrected chi connectivity index (χ0v) is 11.6. The lowest BCUT2D eigenvalue weighted by Crippen LogP contribution is -2.36. The van der Waals surface area contributed by atoms with Gasteiger partial charge in [-0.1, -0.05) is 48.5 Å². The van der Waals surface area contributed by atoms with Crippen molar-refractivity contribution in [1.82, 2.24) is 0 Å². The highest BCUT2D eigenvalue weighted by atomic mass is 16.5. The predicted octanol–water partition coefficient (Wildman–Crippen LogP) is 2.70. The summed E-state index contributed by atoms with van der Waals surface area (Å²) in [5, 5.41) is 8.54. The maximum Gasteiger partial charge on any atom is 0.0681 e. The van der Waals surface area contributed by atoms with E-state index >= 15 is 0 Å². The van der Waals surface area contributed by atoms with Gasteiger partial charge < -0.3 is 14.7 Å². The van der Waals surface area contributed by atoms with Crippen molar-refractivity contribution in [2.24, 2.45) is 0 Å². The molecule has 0 spiro atoms. The first-order valence-corrected chi connectivity index (χ1v) is 6.92. The minimum Gasteiger partial charge on any atom is -0.392 e. The van der Waals surface area contributed by atoms with Gasteiger partial charge in [-0.2, -0.15) is 0 Å². The summed E-state index contributed by atoms with van der Waals surface area (Å²) in [4.78, 5) is 2.35. The zero-order chi connectivity index (χ0) is 14.0. The molecule has 1 N–H and O–H groups in total. The maximum atomic E-state index is 8.54. The van der Waals surface area contributed by atoms with Gasteiger partial charge in [0.05, 0.1) is 19.8 Å². The number of hydrogen-bond acceptors (Lipinski definition) is 3. The van der Waals surface area contributed by atoms with E-state index in [1.165, 1.54) is 5.69 Å². The second kappa shape index (κ2) is 8.35. The molecule has 2 aromatic carbocycles. The molecular weight excluding hydrogens is 250 g/mol. The minimum absolute atomic E-state index is 0.140. The van der Waals surface area contributed by atoms with E-state index in [9.17, 15) is 0 Å². The van der Waals surface area contributed by atoms with Crippen LogP contribution in [0.1, 0.15) is 5.56 Å². The fourth-order valence-electron chi connectivity index (χ4n) is 2.04. The summed E-state index contributed by atoms with van der Waals surface area (Å²) in [6, 6.07) is 20.0. The topological polar surface area (TPSA) is 32.7 Å². The molecular formula is C17H21NO2. The van der Waals surface area contributed by atoms with Crippen LogP contribution in [0.5, 0.6) is 0 Å². The molecule has 0 aliphatic carbocycles. The minimum atomic E-state index is 0.140. The lowest BCUT2D eigenvalue weighted by atomic mass is 10.2. The van der Waals surface area contributed by atoms with Crippen molar-refractivity contribution >= 4 is 5.69 Å². The maximum absolute atomic E-state index is 8.54. The molecule has 2 aromatic rings. The van der Waals surface area contributed by atoms with Gasteiger partial charge in [-0.25, -0.2) is 0 Å². The van der Waals surface area contributed by atoms with Crippen LogP contribution in [0.2, 0.25) is 0 Å². The summed E-state index contributed by atoms with van der Waals surface area (Å²) in [7, 11) is 0. The first-order valence-electron chi connectivity index (χ1n) is 6.92. The molecule has 0 unspecified atom stereocenters. The number of hydrogen-bond donors (Lipinski definition) is 1. The normalized spacial score (nSPS) is 14.3. The number of aliphatic hydroxyl groups is 1. The van der Waals surface area contributed by atoms with E-state index in [0.717, 1.165) is 31.9 Å². The first-order chi connectivity index (χ1) is 9.90. The smallest absolute Gasteiger partial charge is 0.0681 e. The van der Waals surface area contributed by atoms with Crippen LogP contribution in [0.15, 0.2) is 60.7 Å². The van der Waals surface area contributed by atoms with Crippen molar-refractivity contribution in [2.75, 3.05) is 31.2 Å². The Morgan fingerprint density at radius 1 is 0.850 bits per heavy atom. The van der Waals surface area contributed by atoms with E-state index in [1.54, 1.807) is 0 Å². The summed E-state index contributed by atoms with van der Waals surface area (Å²) >= 11 is 0. The van der Waals surface area contributed by atoms with Gasteiger partial charge in [0.25, 0.3) is 0 Å². The van der Waals surface area contributed by atoms with Gasteiger partial charge in [0.1, 0.15) is 0 Å². The van der Waals surface area contributed by atoms with Crippen LogP contribution < -0.4 is 4.90 Å². The number of morpholine rings is 1. The Kier molecular flexibility index (Phi) is 6.08. The quantitative estimate of drug-likeness (QED) is 0.911. The number of rotatable bonds is 2. The third kappa shape index (κ3) is 4.68. The second-order valence-electron chi connectivity index (χ2n) is 4.58. The molecule has 106 valence electrons. The average Bonchev–Trinajstić information content (AvgIpc) is 2.58. The van der Waals surface area contributed by atoms with Crippen molar-refractivity contribution < 1.29 is 9.84 Å². The van der Waals surface area contributed by atoms with E-state index in [1.807, 2.05) is 36.4 Å². The highest BCUT2D eigenvalue weighted by molar-refractivity contribution is 5.46. The van der Waals surface area contributed by atoms with Crippen molar-refractivity contribution in [3.8, 4) is 0 Å². The van der Waals surface area contributed by atoms with Gasteiger partial charge in [-0.05, 0) is 17.7 Å². The van der Waals surface area contributed by atoms with Gasteiger partial charge in [-0.3, -0.25) is 0 Å². The van der Waals surface area contributed by atoms with Crippen molar-refractivity contribution in [2.45, 2.75) is 6.61 Å².